The van der Waals surface area contributed by atoms with Gasteiger partial charge in [-0.15, -0.1) is 0 Å². The monoisotopic (exact) mass is 353 g/mol. The first-order valence-electron chi connectivity index (χ1n) is 8.55. The number of rotatable bonds is 5. The van der Waals surface area contributed by atoms with Crippen LogP contribution in [0.2, 0.25) is 0 Å². The number of ether oxygens (including phenoxy) is 1. The number of carbonyl (C=O) groups excluding carboxylic acids is 1. The maximum Gasteiger partial charge on any atom is 0.244 e. The number of amides is 1. The number of fused-ring (bicyclic) bond motifs is 1. The number of aromatic nitrogens is 2. The van der Waals surface area contributed by atoms with Crippen molar-refractivity contribution in [1.82, 2.24) is 9.13 Å². The standard InChI is InChI=1S/C20H23N3O3/c1-13(2)23-9-8-15-16(6-5-7-17(15)23)21-20(25)12-22-11-19(26-4)18(24)10-14(22)3/h5-11,13H,12H2,1-4H3,(H,21,25). The van der Waals surface area contributed by atoms with Crippen molar-refractivity contribution in [3.8, 4) is 5.75 Å². The second-order valence-corrected chi connectivity index (χ2v) is 6.58. The molecule has 0 aliphatic heterocycles. The molecular formula is C20H23N3O3. The summed E-state index contributed by atoms with van der Waals surface area (Å²) in [4.78, 5) is 24.3. The zero-order chi connectivity index (χ0) is 18.8. The fraction of sp³-hybridized carbons (Fsp3) is 0.300. The summed E-state index contributed by atoms with van der Waals surface area (Å²) in [6, 6.07) is 9.69. The van der Waals surface area contributed by atoms with Crippen molar-refractivity contribution in [3.63, 3.8) is 0 Å². The molecule has 1 amide bonds. The highest BCUT2D eigenvalue weighted by Crippen LogP contribution is 2.26. The maximum absolute atomic E-state index is 12.5. The molecule has 136 valence electrons. The van der Waals surface area contributed by atoms with E-state index >= 15 is 0 Å². The zero-order valence-corrected chi connectivity index (χ0v) is 15.4. The second-order valence-electron chi connectivity index (χ2n) is 6.58. The van der Waals surface area contributed by atoms with E-state index in [2.05, 4.69) is 23.7 Å². The molecule has 3 aromatic rings. The van der Waals surface area contributed by atoms with Gasteiger partial charge in [-0.3, -0.25) is 9.59 Å². The van der Waals surface area contributed by atoms with Crippen LogP contribution in [0.15, 0.2) is 47.5 Å². The molecule has 0 spiro atoms. The molecule has 2 aromatic heterocycles. The van der Waals surface area contributed by atoms with E-state index in [0.29, 0.717) is 11.7 Å². The number of nitrogens with zero attached hydrogens (tertiary/aromatic N) is 2. The molecule has 0 saturated heterocycles. The van der Waals surface area contributed by atoms with Gasteiger partial charge in [-0.1, -0.05) is 6.07 Å². The van der Waals surface area contributed by atoms with E-state index in [4.69, 9.17) is 4.74 Å². The average molecular weight is 353 g/mol. The summed E-state index contributed by atoms with van der Waals surface area (Å²) in [5.41, 5.74) is 2.37. The normalized spacial score (nSPS) is 11.1. The van der Waals surface area contributed by atoms with Crippen LogP contribution in [-0.4, -0.2) is 22.2 Å². The van der Waals surface area contributed by atoms with Crippen LogP contribution in [0.5, 0.6) is 5.75 Å². The van der Waals surface area contributed by atoms with Crippen LogP contribution < -0.4 is 15.5 Å². The van der Waals surface area contributed by atoms with E-state index in [1.165, 1.54) is 13.2 Å². The van der Waals surface area contributed by atoms with Gasteiger partial charge in [-0.05, 0) is 39.0 Å². The van der Waals surface area contributed by atoms with E-state index in [9.17, 15) is 9.59 Å². The molecule has 0 atom stereocenters. The van der Waals surface area contributed by atoms with Gasteiger partial charge in [0, 0.05) is 29.4 Å². The molecule has 0 bridgehead atoms. The predicted octanol–water partition coefficient (Wildman–Crippen LogP) is 3.34. The lowest BCUT2D eigenvalue weighted by Crippen LogP contribution is -2.22. The van der Waals surface area contributed by atoms with Gasteiger partial charge in [0.15, 0.2) is 5.75 Å². The van der Waals surface area contributed by atoms with Gasteiger partial charge in [0.2, 0.25) is 11.3 Å². The molecule has 0 aliphatic carbocycles. The van der Waals surface area contributed by atoms with Gasteiger partial charge in [0.05, 0.1) is 24.5 Å². The van der Waals surface area contributed by atoms with E-state index in [1.54, 1.807) is 17.7 Å². The summed E-state index contributed by atoms with van der Waals surface area (Å²) in [5.74, 6) is 0.0584. The van der Waals surface area contributed by atoms with Crippen molar-refractivity contribution < 1.29 is 9.53 Å². The minimum absolute atomic E-state index is 0.101. The number of methoxy groups -OCH3 is 1. The highest BCUT2D eigenvalue weighted by atomic mass is 16.5. The zero-order valence-electron chi connectivity index (χ0n) is 15.4. The van der Waals surface area contributed by atoms with E-state index in [1.807, 2.05) is 30.5 Å². The Bertz CT molecular complexity index is 1010. The van der Waals surface area contributed by atoms with Crippen molar-refractivity contribution in [2.24, 2.45) is 0 Å². The van der Waals surface area contributed by atoms with Gasteiger partial charge in [-0.25, -0.2) is 0 Å². The van der Waals surface area contributed by atoms with Gasteiger partial charge < -0.3 is 19.2 Å². The summed E-state index contributed by atoms with van der Waals surface area (Å²) in [6.07, 6.45) is 3.59. The van der Waals surface area contributed by atoms with E-state index < -0.39 is 0 Å². The van der Waals surface area contributed by atoms with Gasteiger partial charge in [0.25, 0.3) is 0 Å². The second kappa shape index (κ2) is 7.07. The largest absolute Gasteiger partial charge is 0.491 e. The van der Waals surface area contributed by atoms with Crippen LogP contribution in [0, 0.1) is 6.92 Å². The number of hydrogen-bond acceptors (Lipinski definition) is 3. The Morgan fingerprint density at radius 2 is 2.04 bits per heavy atom. The average Bonchev–Trinajstić information content (AvgIpc) is 3.02. The molecule has 26 heavy (non-hydrogen) atoms. The lowest BCUT2D eigenvalue weighted by atomic mass is 10.2. The van der Waals surface area contributed by atoms with Crippen LogP contribution in [0.3, 0.4) is 0 Å². The SMILES string of the molecule is COc1cn(CC(=O)Nc2cccc3c2ccn3C(C)C)c(C)cc1=O. The number of anilines is 1. The maximum atomic E-state index is 12.5. The first kappa shape index (κ1) is 17.8. The van der Waals surface area contributed by atoms with Crippen molar-refractivity contribution in [1.29, 1.82) is 0 Å². The number of hydrogen-bond donors (Lipinski definition) is 1. The van der Waals surface area contributed by atoms with Crippen molar-refractivity contribution in [2.45, 2.75) is 33.4 Å². The number of nitrogens with one attached hydrogen (secondary N) is 1. The van der Waals surface area contributed by atoms with E-state index in [-0.39, 0.29) is 23.6 Å². The lowest BCUT2D eigenvalue weighted by molar-refractivity contribution is -0.116. The number of aryl methyl sites for hydroxylation is 1. The van der Waals surface area contributed by atoms with Crippen LogP contribution in [-0.2, 0) is 11.3 Å². The van der Waals surface area contributed by atoms with Crippen molar-refractivity contribution in [3.05, 3.63) is 58.6 Å². The molecular weight excluding hydrogens is 330 g/mol. The molecule has 0 aliphatic rings. The summed E-state index contributed by atoms with van der Waals surface area (Å²) in [7, 11) is 1.44. The third-order valence-electron chi connectivity index (χ3n) is 4.44. The smallest absolute Gasteiger partial charge is 0.244 e. The molecule has 0 unspecified atom stereocenters. The molecule has 0 saturated carbocycles. The highest BCUT2D eigenvalue weighted by molar-refractivity contribution is 6.01. The summed E-state index contributed by atoms with van der Waals surface area (Å²) in [6.45, 7) is 6.13. The fourth-order valence-corrected chi connectivity index (χ4v) is 3.07. The topological polar surface area (TPSA) is 65.3 Å². The van der Waals surface area contributed by atoms with Crippen molar-refractivity contribution >= 4 is 22.5 Å². The Kier molecular flexibility index (Phi) is 4.84. The van der Waals surface area contributed by atoms with Crippen LogP contribution in [0.25, 0.3) is 10.9 Å². The molecule has 1 aromatic carbocycles. The minimum atomic E-state index is -0.193. The quantitative estimate of drug-likeness (QED) is 0.765. The van der Waals surface area contributed by atoms with Gasteiger partial charge in [0.1, 0.15) is 6.54 Å². The Balaban J connectivity index is 1.85. The first-order chi connectivity index (χ1) is 12.4. The number of benzene rings is 1. The molecule has 0 radical (unpaired) electrons. The molecule has 6 heteroatoms. The van der Waals surface area contributed by atoms with Gasteiger partial charge in [-0.2, -0.15) is 0 Å². The summed E-state index contributed by atoms with van der Waals surface area (Å²) in [5, 5.41) is 3.98. The molecule has 6 nitrogen and oxygen atoms in total. The summed E-state index contributed by atoms with van der Waals surface area (Å²) < 4.78 is 8.93. The Morgan fingerprint density at radius 1 is 1.27 bits per heavy atom. The fourth-order valence-electron chi connectivity index (χ4n) is 3.07. The molecule has 2 heterocycles. The van der Waals surface area contributed by atoms with Crippen LogP contribution in [0.1, 0.15) is 25.6 Å². The van der Waals surface area contributed by atoms with E-state index in [0.717, 1.165) is 16.6 Å². The number of carbonyl (C=O) groups is 1. The third-order valence-corrected chi connectivity index (χ3v) is 4.44. The molecule has 1 N–H and O–H groups in total. The molecule has 0 fully saturated rings. The predicted molar refractivity (Wildman–Crippen MR) is 103 cm³/mol. The van der Waals surface area contributed by atoms with Crippen LogP contribution >= 0.6 is 0 Å². The van der Waals surface area contributed by atoms with Crippen molar-refractivity contribution in [2.75, 3.05) is 12.4 Å². The lowest BCUT2D eigenvalue weighted by Gasteiger charge is -2.13. The summed E-state index contributed by atoms with van der Waals surface area (Å²) >= 11 is 0. The number of pyridine rings is 1. The van der Waals surface area contributed by atoms with Gasteiger partial charge >= 0.3 is 0 Å². The Labute approximate surface area is 152 Å². The third kappa shape index (κ3) is 3.35. The Hall–Kier alpha value is -3.02. The molecule has 3 rings (SSSR count). The Morgan fingerprint density at radius 3 is 2.73 bits per heavy atom. The van der Waals surface area contributed by atoms with Crippen LogP contribution in [0.4, 0.5) is 5.69 Å². The highest BCUT2D eigenvalue weighted by Gasteiger charge is 2.12. The first-order valence-corrected chi connectivity index (χ1v) is 8.55. The minimum Gasteiger partial charge on any atom is -0.491 e.